The van der Waals surface area contributed by atoms with Gasteiger partial charge in [-0.3, -0.25) is 0 Å². The lowest BCUT2D eigenvalue weighted by Crippen LogP contribution is -2.13. The summed E-state index contributed by atoms with van der Waals surface area (Å²) in [7, 11) is 1.58. The normalized spacial score (nSPS) is 11.2. The number of nitrogens with zero attached hydrogens (tertiary/aromatic N) is 4. The molecule has 0 spiro atoms. The second-order valence-corrected chi connectivity index (χ2v) is 9.16. The molecule has 3 heterocycles. The van der Waals surface area contributed by atoms with Gasteiger partial charge in [0.2, 0.25) is 5.88 Å². The summed E-state index contributed by atoms with van der Waals surface area (Å²) in [6.45, 7) is 8.58. The highest BCUT2D eigenvalue weighted by molar-refractivity contribution is 7.17. The molecule has 0 fully saturated rings. The topological polar surface area (TPSA) is 100 Å². The Morgan fingerprint density at radius 1 is 1.28 bits per heavy atom. The second-order valence-electron chi connectivity index (χ2n) is 8.16. The fourth-order valence-electron chi connectivity index (χ4n) is 3.91. The Hall–Kier alpha value is -3.73. The van der Waals surface area contributed by atoms with Gasteiger partial charge in [0.1, 0.15) is 34.4 Å². The predicted octanol–water partition coefficient (Wildman–Crippen LogP) is 5.09. The molecule has 9 nitrogen and oxygen atoms in total. The molecule has 0 radical (unpaired) electrons. The number of rotatable bonds is 10. The summed E-state index contributed by atoms with van der Waals surface area (Å²) in [6.07, 6.45) is 1.26. The number of carbonyl (C=O) groups is 1. The molecule has 4 aromatic rings. The maximum absolute atomic E-state index is 14.6. The highest BCUT2D eigenvalue weighted by atomic mass is 32.1. The molecule has 11 heteroatoms. The zero-order valence-electron chi connectivity index (χ0n) is 20.8. The Morgan fingerprint density at radius 3 is 2.81 bits per heavy atom. The number of methoxy groups -OCH3 is 1. The Labute approximate surface area is 212 Å². The predicted molar refractivity (Wildman–Crippen MR) is 137 cm³/mol. The molecule has 0 aliphatic rings. The first kappa shape index (κ1) is 25.4. The van der Waals surface area contributed by atoms with Gasteiger partial charge in [-0.15, -0.1) is 11.3 Å². The number of thiazole rings is 1. The van der Waals surface area contributed by atoms with Crippen LogP contribution in [0.25, 0.3) is 21.6 Å². The average Bonchev–Trinajstić information content (AvgIpc) is 3.38. The monoisotopic (exact) mass is 513 g/mol. The summed E-state index contributed by atoms with van der Waals surface area (Å²) in [5.41, 5.74) is 1.88. The molecule has 36 heavy (non-hydrogen) atoms. The minimum atomic E-state index is -0.485. The van der Waals surface area contributed by atoms with E-state index in [4.69, 9.17) is 14.2 Å². The van der Waals surface area contributed by atoms with Crippen LogP contribution >= 0.6 is 11.3 Å². The van der Waals surface area contributed by atoms with Gasteiger partial charge in [-0.05, 0) is 39.8 Å². The number of hydrogen-bond donors (Lipinski definition) is 1. The van der Waals surface area contributed by atoms with Crippen molar-refractivity contribution in [2.24, 2.45) is 0 Å². The summed E-state index contributed by atoms with van der Waals surface area (Å²) in [4.78, 5) is 25.8. The van der Waals surface area contributed by atoms with Crippen molar-refractivity contribution in [1.82, 2.24) is 19.5 Å². The summed E-state index contributed by atoms with van der Waals surface area (Å²) in [5, 5.41) is 4.51. The zero-order valence-corrected chi connectivity index (χ0v) is 21.6. The molecule has 0 aliphatic carbocycles. The Kier molecular flexibility index (Phi) is 7.68. The maximum atomic E-state index is 14.6. The molecule has 0 atom stereocenters. The number of ether oxygens (including phenoxy) is 3. The molecule has 0 bridgehead atoms. The fraction of sp³-hybridized carbons (Fsp3) is 0.360. The SMILES string of the molecule is CCOC(=O)c1sc(-c2cc(NCCn3c(C)c(OC)c4cccc(F)c43)ncn2)nc1OC(C)C. The molecule has 1 aromatic carbocycles. The average molecular weight is 514 g/mol. The first-order valence-corrected chi connectivity index (χ1v) is 12.4. The number of fused-ring (bicyclic) bond motifs is 1. The van der Waals surface area contributed by atoms with Crippen molar-refractivity contribution < 1.29 is 23.4 Å². The van der Waals surface area contributed by atoms with Crippen LogP contribution in [0.2, 0.25) is 0 Å². The van der Waals surface area contributed by atoms with E-state index in [-0.39, 0.29) is 24.4 Å². The maximum Gasteiger partial charge on any atom is 0.354 e. The van der Waals surface area contributed by atoms with Crippen LogP contribution in [-0.4, -0.2) is 51.9 Å². The van der Waals surface area contributed by atoms with Crippen LogP contribution in [0.1, 0.15) is 36.1 Å². The van der Waals surface area contributed by atoms with Crippen molar-refractivity contribution in [1.29, 1.82) is 0 Å². The van der Waals surface area contributed by atoms with Crippen LogP contribution < -0.4 is 14.8 Å². The smallest absolute Gasteiger partial charge is 0.354 e. The van der Waals surface area contributed by atoms with Gasteiger partial charge in [0, 0.05) is 24.5 Å². The first-order valence-electron chi connectivity index (χ1n) is 11.6. The number of benzene rings is 1. The third-order valence-corrected chi connectivity index (χ3v) is 6.41. The van der Waals surface area contributed by atoms with Gasteiger partial charge in [-0.2, -0.15) is 4.98 Å². The number of carbonyl (C=O) groups excluding carboxylic acids is 1. The van der Waals surface area contributed by atoms with Crippen LogP contribution in [0.15, 0.2) is 30.6 Å². The molecular formula is C25H28FN5O4S. The molecule has 0 saturated heterocycles. The van der Waals surface area contributed by atoms with Gasteiger partial charge in [-0.1, -0.05) is 6.07 Å². The number of esters is 1. The minimum absolute atomic E-state index is 0.160. The third-order valence-electron chi connectivity index (χ3n) is 5.37. The standard InChI is InChI=1S/C25H28FN5O4S/c1-6-34-25(32)22-23(35-14(2)3)30-24(36-22)18-12-19(29-13-28-18)27-10-11-31-15(4)21(33-5)16-8-7-9-17(26)20(16)31/h7-9,12-14H,6,10-11H2,1-5H3,(H,27,28,29). The van der Waals surface area contributed by atoms with E-state index in [1.165, 1.54) is 12.4 Å². The summed E-state index contributed by atoms with van der Waals surface area (Å²) in [6, 6.07) is 6.71. The number of aromatic nitrogens is 4. The number of halogens is 1. The van der Waals surface area contributed by atoms with Crippen LogP contribution in [0.5, 0.6) is 11.6 Å². The van der Waals surface area contributed by atoms with Gasteiger partial charge in [0.25, 0.3) is 0 Å². The second kappa shape index (κ2) is 10.9. The van der Waals surface area contributed by atoms with E-state index in [0.29, 0.717) is 45.8 Å². The van der Waals surface area contributed by atoms with Gasteiger partial charge < -0.3 is 24.1 Å². The number of hydrogen-bond acceptors (Lipinski definition) is 9. The van der Waals surface area contributed by atoms with E-state index in [1.54, 1.807) is 26.2 Å². The van der Waals surface area contributed by atoms with E-state index < -0.39 is 5.97 Å². The Bertz CT molecular complexity index is 1380. The van der Waals surface area contributed by atoms with Crippen molar-refractivity contribution in [3.05, 3.63) is 47.0 Å². The number of anilines is 1. The van der Waals surface area contributed by atoms with E-state index in [1.807, 2.05) is 31.4 Å². The van der Waals surface area contributed by atoms with Crippen molar-refractivity contribution in [3.63, 3.8) is 0 Å². The highest BCUT2D eigenvalue weighted by Crippen LogP contribution is 2.35. The molecule has 4 rings (SSSR count). The molecule has 190 valence electrons. The molecule has 0 amide bonds. The van der Waals surface area contributed by atoms with Crippen molar-refractivity contribution >= 4 is 34.0 Å². The Balaban J connectivity index is 1.54. The summed E-state index contributed by atoms with van der Waals surface area (Å²) < 4.78 is 32.9. The number of nitrogens with one attached hydrogen (secondary N) is 1. The van der Waals surface area contributed by atoms with Crippen LogP contribution in [0.4, 0.5) is 10.2 Å². The van der Waals surface area contributed by atoms with Crippen molar-refractivity contribution in [2.75, 3.05) is 25.6 Å². The van der Waals surface area contributed by atoms with Crippen molar-refractivity contribution in [2.45, 2.75) is 40.3 Å². The van der Waals surface area contributed by atoms with Crippen LogP contribution in [-0.2, 0) is 11.3 Å². The third kappa shape index (κ3) is 5.11. The fourth-order valence-corrected chi connectivity index (χ4v) is 4.77. The first-order chi connectivity index (χ1) is 17.3. The number of para-hydroxylation sites is 1. The van der Waals surface area contributed by atoms with Gasteiger partial charge in [-0.25, -0.2) is 19.2 Å². The van der Waals surface area contributed by atoms with Gasteiger partial charge >= 0.3 is 5.97 Å². The quantitative estimate of drug-likeness (QED) is 0.293. The van der Waals surface area contributed by atoms with Crippen LogP contribution in [0, 0.1) is 12.7 Å². The molecule has 1 N–H and O–H groups in total. The lowest BCUT2D eigenvalue weighted by Gasteiger charge is -2.11. The molecule has 0 aliphatic heterocycles. The summed E-state index contributed by atoms with van der Waals surface area (Å²) in [5.74, 6) is 0.669. The van der Waals surface area contributed by atoms with Crippen molar-refractivity contribution in [3.8, 4) is 22.3 Å². The zero-order chi connectivity index (χ0) is 25.8. The molecular weight excluding hydrogens is 485 g/mol. The van der Waals surface area contributed by atoms with E-state index in [9.17, 15) is 9.18 Å². The summed E-state index contributed by atoms with van der Waals surface area (Å²) >= 11 is 1.15. The minimum Gasteiger partial charge on any atom is -0.494 e. The molecule has 3 aromatic heterocycles. The molecule has 0 unspecified atom stereocenters. The van der Waals surface area contributed by atoms with E-state index in [2.05, 4.69) is 20.3 Å². The van der Waals surface area contributed by atoms with Gasteiger partial charge in [0.05, 0.1) is 31.0 Å². The largest absolute Gasteiger partial charge is 0.494 e. The van der Waals surface area contributed by atoms with E-state index >= 15 is 0 Å². The van der Waals surface area contributed by atoms with Gasteiger partial charge in [0.15, 0.2) is 4.88 Å². The van der Waals surface area contributed by atoms with E-state index in [0.717, 1.165) is 22.4 Å². The lowest BCUT2D eigenvalue weighted by atomic mass is 10.2. The van der Waals surface area contributed by atoms with Crippen LogP contribution in [0.3, 0.4) is 0 Å². The highest BCUT2D eigenvalue weighted by Gasteiger charge is 2.23. The Morgan fingerprint density at radius 2 is 2.08 bits per heavy atom. The molecule has 0 saturated carbocycles. The lowest BCUT2D eigenvalue weighted by molar-refractivity contribution is 0.0525.